The van der Waals surface area contributed by atoms with Crippen LogP contribution in [0.5, 0.6) is 0 Å². The lowest BCUT2D eigenvalue weighted by Crippen LogP contribution is -2.57. The van der Waals surface area contributed by atoms with Crippen molar-refractivity contribution in [3.8, 4) is 0 Å². The van der Waals surface area contributed by atoms with Crippen molar-refractivity contribution in [3.05, 3.63) is 96.1 Å². The fraction of sp³-hybridized carbons (Fsp3) is 0.174. The van der Waals surface area contributed by atoms with Crippen molar-refractivity contribution < 1.29 is 23.1 Å². The zero-order valence-electron chi connectivity index (χ0n) is 17.3. The Labute approximate surface area is 195 Å². The quantitative estimate of drug-likeness (QED) is 0.495. The molecule has 10 heteroatoms. The molecule has 0 saturated carbocycles. The fourth-order valence-electron chi connectivity index (χ4n) is 4.05. The van der Waals surface area contributed by atoms with Crippen LogP contribution in [0.15, 0.2) is 89.8 Å². The summed E-state index contributed by atoms with van der Waals surface area (Å²) in [4.78, 5) is 13.0. The minimum atomic E-state index is -4.14. The second-order valence-corrected chi connectivity index (χ2v) is 10.2. The first kappa shape index (κ1) is 21.9. The molecule has 0 bridgehead atoms. The molecule has 2 aliphatic heterocycles. The van der Waals surface area contributed by atoms with Crippen LogP contribution in [0, 0.1) is 0 Å². The van der Waals surface area contributed by atoms with Gasteiger partial charge in [-0.05, 0) is 17.7 Å². The zero-order chi connectivity index (χ0) is 23.1. The van der Waals surface area contributed by atoms with Gasteiger partial charge in [0, 0.05) is 10.5 Å². The number of aliphatic carboxylic acids is 1. The molecule has 2 aliphatic rings. The van der Waals surface area contributed by atoms with Crippen LogP contribution in [-0.4, -0.2) is 31.5 Å². The van der Waals surface area contributed by atoms with Gasteiger partial charge in [0.15, 0.2) is 6.10 Å². The monoisotopic (exact) mass is 483 g/mol. The maximum absolute atomic E-state index is 13.6. The predicted molar refractivity (Wildman–Crippen MR) is 125 cm³/mol. The first-order valence-corrected chi connectivity index (χ1v) is 12.6. The van der Waals surface area contributed by atoms with Crippen LogP contribution in [0.2, 0.25) is 0 Å². The summed E-state index contributed by atoms with van der Waals surface area (Å²) in [6.07, 6.45) is -1.32. The highest BCUT2D eigenvalue weighted by molar-refractivity contribution is 8.01. The van der Waals surface area contributed by atoms with E-state index in [1.165, 1.54) is 16.1 Å². The largest absolute Gasteiger partial charge is 0.479 e. The summed E-state index contributed by atoms with van der Waals surface area (Å²) in [5.41, 5.74) is 1.67. The van der Waals surface area contributed by atoms with Gasteiger partial charge in [-0.3, -0.25) is 5.32 Å². The number of carboxylic acids is 1. The van der Waals surface area contributed by atoms with Crippen molar-refractivity contribution in [1.82, 2.24) is 10.0 Å². The van der Waals surface area contributed by atoms with Crippen LogP contribution >= 0.6 is 11.8 Å². The molecule has 0 aliphatic carbocycles. The number of carbonyl (C=O) groups is 1. The third kappa shape index (κ3) is 4.00. The molecule has 3 aromatic rings. The molecular formula is C23H21N3O5S2. The first-order valence-electron chi connectivity index (χ1n) is 10.2. The van der Waals surface area contributed by atoms with Gasteiger partial charge in [0.05, 0.1) is 17.6 Å². The number of thioether (sulfide) groups is 1. The Balaban J connectivity index is 1.57. The summed E-state index contributed by atoms with van der Waals surface area (Å²) in [5, 5.41) is 13.1. The van der Waals surface area contributed by atoms with Crippen LogP contribution in [0.3, 0.4) is 0 Å². The second-order valence-electron chi connectivity index (χ2n) is 7.65. The van der Waals surface area contributed by atoms with Crippen molar-refractivity contribution >= 4 is 33.6 Å². The lowest BCUT2D eigenvalue weighted by Gasteiger charge is -2.32. The van der Waals surface area contributed by atoms with Gasteiger partial charge in [0.1, 0.15) is 0 Å². The maximum atomic E-state index is 13.6. The molecule has 8 nitrogen and oxygen atoms in total. The molecule has 33 heavy (non-hydrogen) atoms. The number of rotatable bonds is 6. The lowest BCUT2D eigenvalue weighted by atomic mass is 10.0. The topological polar surface area (TPSA) is 108 Å². The number of ether oxygens (including phenoxy) is 1. The van der Waals surface area contributed by atoms with Crippen molar-refractivity contribution in [3.63, 3.8) is 0 Å². The zero-order valence-corrected chi connectivity index (χ0v) is 18.9. The van der Waals surface area contributed by atoms with Crippen LogP contribution in [-0.2, 0) is 25.6 Å². The van der Waals surface area contributed by atoms with E-state index >= 15 is 0 Å². The number of para-hydroxylation sites is 1. The van der Waals surface area contributed by atoms with Gasteiger partial charge in [-0.2, -0.15) is 8.42 Å². The van der Waals surface area contributed by atoms with E-state index < -0.39 is 34.2 Å². The van der Waals surface area contributed by atoms with Gasteiger partial charge in [-0.25, -0.2) is 9.10 Å². The Bertz CT molecular complexity index is 1270. The number of anilines is 1. The van der Waals surface area contributed by atoms with Crippen molar-refractivity contribution in [2.45, 2.75) is 22.9 Å². The summed E-state index contributed by atoms with van der Waals surface area (Å²) >= 11 is 1.41. The minimum absolute atomic E-state index is 0.198. The molecule has 170 valence electrons. The molecule has 3 aromatic carbocycles. The molecule has 1 fully saturated rings. The van der Waals surface area contributed by atoms with E-state index in [0.717, 1.165) is 4.90 Å². The number of hydrogen-bond donors (Lipinski definition) is 3. The maximum Gasteiger partial charge on any atom is 0.334 e. The molecule has 0 aromatic heterocycles. The Morgan fingerprint density at radius 3 is 2.36 bits per heavy atom. The number of carboxylic acid groups (broad SMARTS) is 1. The SMILES string of the molecule is O=C(O)[C@@H]1O[C@](NS(=O)(=O)N2CSc3ccccc32)(c2ccccc2)N[C@H]1c1ccccc1. The summed E-state index contributed by atoms with van der Waals surface area (Å²) in [6, 6.07) is 24.0. The molecule has 3 N–H and O–H groups in total. The highest BCUT2D eigenvalue weighted by Crippen LogP contribution is 2.42. The highest BCUT2D eigenvalue weighted by Gasteiger charge is 2.53. The van der Waals surface area contributed by atoms with Gasteiger partial charge in [-0.1, -0.05) is 72.8 Å². The standard InChI is InChI=1S/C23H21N3O5S2/c27-22(28)21-20(16-9-3-1-4-10-16)24-23(31-21,17-11-5-2-6-12-17)25-33(29,30)26-15-32-19-14-8-7-13-18(19)26/h1-14,20-21,24-25H,15H2,(H,27,28)/t20-,21+,23+/m0/s1. The minimum Gasteiger partial charge on any atom is -0.479 e. The number of benzene rings is 3. The van der Waals surface area contributed by atoms with Gasteiger partial charge in [0.2, 0.25) is 5.85 Å². The molecule has 0 unspecified atom stereocenters. The van der Waals surface area contributed by atoms with Crippen molar-refractivity contribution in [1.29, 1.82) is 0 Å². The van der Waals surface area contributed by atoms with Crippen LogP contribution in [0.4, 0.5) is 5.69 Å². The van der Waals surface area contributed by atoms with E-state index in [0.29, 0.717) is 16.8 Å². The lowest BCUT2D eigenvalue weighted by molar-refractivity contribution is -0.157. The molecule has 1 saturated heterocycles. The van der Waals surface area contributed by atoms with E-state index in [4.69, 9.17) is 4.74 Å². The summed E-state index contributed by atoms with van der Waals surface area (Å²) < 4.78 is 37.1. The summed E-state index contributed by atoms with van der Waals surface area (Å²) in [6.45, 7) is 0. The fourth-order valence-corrected chi connectivity index (χ4v) is 6.84. The molecule has 0 radical (unpaired) electrons. The Hall–Kier alpha value is -2.89. The van der Waals surface area contributed by atoms with E-state index in [-0.39, 0.29) is 5.88 Å². The summed E-state index contributed by atoms with van der Waals surface area (Å²) in [7, 11) is -4.14. The van der Waals surface area contributed by atoms with E-state index in [9.17, 15) is 18.3 Å². The average molecular weight is 484 g/mol. The highest BCUT2D eigenvalue weighted by atomic mass is 32.2. The van der Waals surface area contributed by atoms with E-state index in [1.807, 2.05) is 18.2 Å². The Kier molecular flexibility index (Phi) is 5.63. The smallest absolute Gasteiger partial charge is 0.334 e. The molecule has 0 spiro atoms. The number of hydrogen-bond acceptors (Lipinski definition) is 6. The van der Waals surface area contributed by atoms with E-state index in [1.54, 1.807) is 66.7 Å². The van der Waals surface area contributed by atoms with Gasteiger partial charge < -0.3 is 9.84 Å². The molecular weight excluding hydrogens is 462 g/mol. The Morgan fingerprint density at radius 1 is 1.03 bits per heavy atom. The van der Waals surface area contributed by atoms with E-state index in [2.05, 4.69) is 10.0 Å². The molecule has 0 amide bonds. The third-order valence-electron chi connectivity index (χ3n) is 5.58. The Morgan fingerprint density at radius 2 is 1.67 bits per heavy atom. The molecule has 3 atom stereocenters. The summed E-state index contributed by atoms with van der Waals surface area (Å²) in [5.74, 6) is -2.79. The number of nitrogens with one attached hydrogen (secondary N) is 2. The van der Waals surface area contributed by atoms with Crippen LogP contribution in [0.1, 0.15) is 17.2 Å². The third-order valence-corrected chi connectivity index (χ3v) is 8.24. The van der Waals surface area contributed by atoms with Crippen molar-refractivity contribution in [2.24, 2.45) is 0 Å². The molecule has 5 rings (SSSR count). The first-order chi connectivity index (χ1) is 15.9. The average Bonchev–Trinajstić information content (AvgIpc) is 3.43. The van der Waals surface area contributed by atoms with Gasteiger partial charge in [0.25, 0.3) is 0 Å². The second kappa shape index (κ2) is 8.47. The van der Waals surface area contributed by atoms with Crippen LogP contribution < -0.4 is 14.3 Å². The number of nitrogens with zero attached hydrogens (tertiary/aromatic N) is 1. The van der Waals surface area contributed by atoms with Crippen molar-refractivity contribution in [2.75, 3.05) is 10.2 Å². The number of fused-ring (bicyclic) bond motifs is 1. The van der Waals surface area contributed by atoms with Gasteiger partial charge in [-0.15, -0.1) is 16.5 Å². The molecule has 2 heterocycles. The normalized spacial score (nSPS) is 24.5. The predicted octanol–water partition coefficient (Wildman–Crippen LogP) is 3.02. The van der Waals surface area contributed by atoms with Crippen LogP contribution in [0.25, 0.3) is 0 Å². The van der Waals surface area contributed by atoms with Gasteiger partial charge >= 0.3 is 16.2 Å².